The second-order valence-electron chi connectivity index (χ2n) is 4.60. The fourth-order valence-corrected chi connectivity index (χ4v) is 2.10. The van der Waals surface area contributed by atoms with Crippen LogP contribution in [0.25, 0.3) is 0 Å². The molecule has 0 saturated carbocycles. The molecule has 1 amide bonds. The zero-order valence-electron chi connectivity index (χ0n) is 11.5. The Labute approximate surface area is 122 Å². The Morgan fingerprint density at radius 1 is 1.00 bits per heavy atom. The number of anilines is 2. The minimum absolute atomic E-state index is 0.138. The summed E-state index contributed by atoms with van der Waals surface area (Å²) >= 11 is 0. The van der Waals surface area contributed by atoms with E-state index in [0.717, 1.165) is 5.69 Å². The van der Waals surface area contributed by atoms with E-state index in [1.807, 2.05) is 42.5 Å². The van der Waals surface area contributed by atoms with Crippen LogP contribution in [0.4, 0.5) is 11.4 Å². The zero-order chi connectivity index (χ0) is 14.5. The highest BCUT2D eigenvalue weighted by atomic mass is 16.6. The van der Waals surface area contributed by atoms with Gasteiger partial charge in [-0.05, 0) is 24.3 Å². The summed E-state index contributed by atoms with van der Waals surface area (Å²) in [5.41, 5.74) is 1.54. The summed E-state index contributed by atoms with van der Waals surface area (Å²) in [6.07, 6.45) is 0. The number of carbonyl (C=O) groups is 1. The molecule has 0 unspecified atom stereocenters. The third kappa shape index (κ3) is 3.25. The average molecular weight is 284 g/mol. The van der Waals surface area contributed by atoms with Crippen molar-refractivity contribution >= 4 is 17.3 Å². The van der Waals surface area contributed by atoms with Gasteiger partial charge in [-0.2, -0.15) is 0 Å². The molecule has 0 saturated heterocycles. The van der Waals surface area contributed by atoms with Crippen LogP contribution in [0.15, 0.2) is 48.5 Å². The van der Waals surface area contributed by atoms with Gasteiger partial charge < -0.3 is 20.1 Å². The van der Waals surface area contributed by atoms with Crippen molar-refractivity contribution in [2.75, 3.05) is 30.4 Å². The maximum absolute atomic E-state index is 12.0. The van der Waals surface area contributed by atoms with Crippen LogP contribution in [0.1, 0.15) is 0 Å². The quantitative estimate of drug-likeness (QED) is 0.905. The van der Waals surface area contributed by atoms with Gasteiger partial charge in [-0.25, -0.2) is 0 Å². The van der Waals surface area contributed by atoms with E-state index in [4.69, 9.17) is 9.47 Å². The monoisotopic (exact) mass is 284 g/mol. The lowest BCUT2D eigenvalue weighted by molar-refractivity contribution is -0.114. The fourth-order valence-electron chi connectivity index (χ4n) is 2.10. The van der Waals surface area contributed by atoms with Gasteiger partial charge in [0.25, 0.3) is 0 Å². The highest BCUT2D eigenvalue weighted by Gasteiger charge is 2.16. The van der Waals surface area contributed by atoms with Gasteiger partial charge in [-0.1, -0.05) is 24.3 Å². The van der Waals surface area contributed by atoms with Gasteiger partial charge in [0, 0.05) is 5.69 Å². The molecule has 0 aromatic heterocycles. The summed E-state index contributed by atoms with van der Waals surface area (Å²) in [5.74, 6) is 1.12. The Morgan fingerprint density at radius 3 is 2.67 bits per heavy atom. The summed E-state index contributed by atoms with van der Waals surface area (Å²) in [7, 11) is 0. The van der Waals surface area contributed by atoms with E-state index in [0.29, 0.717) is 30.4 Å². The lowest BCUT2D eigenvalue weighted by Crippen LogP contribution is -2.23. The summed E-state index contributed by atoms with van der Waals surface area (Å²) in [6, 6.07) is 15.0. The molecule has 0 atom stereocenters. The van der Waals surface area contributed by atoms with Crippen molar-refractivity contribution < 1.29 is 14.3 Å². The normalized spacial score (nSPS) is 12.6. The number of ether oxygens (including phenoxy) is 2. The van der Waals surface area contributed by atoms with Crippen LogP contribution in [-0.2, 0) is 4.79 Å². The second-order valence-corrected chi connectivity index (χ2v) is 4.60. The van der Waals surface area contributed by atoms with E-state index in [1.54, 1.807) is 6.07 Å². The summed E-state index contributed by atoms with van der Waals surface area (Å²) < 4.78 is 11.0. The zero-order valence-corrected chi connectivity index (χ0v) is 11.5. The molecule has 2 aromatic rings. The minimum atomic E-state index is -0.138. The van der Waals surface area contributed by atoms with E-state index < -0.39 is 0 Å². The van der Waals surface area contributed by atoms with Gasteiger partial charge in [0.15, 0.2) is 11.5 Å². The molecule has 3 rings (SSSR count). The molecular weight excluding hydrogens is 268 g/mol. The SMILES string of the molecule is O=C(CNc1ccccc1)Nc1cccc2c1OCCO2. The van der Waals surface area contributed by atoms with Crippen molar-refractivity contribution in [1.82, 2.24) is 0 Å². The van der Waals surface area contributed by atoms with Gasteiger partial charge in [-0.15, -0.1) is 0 Å². The lowest BCUT2D eigenvalue weighted by atomic mass is 10.2. The summed E-state index contributed by atoms with van der Waals surface area (Å²) in [5, 5.41) is 5.89. The predicted molar refractivity (Wildman–Crippen MR) is 81.0 cm³/mol. The molecule has 5 heteroatoms. The molecule has 2 N–H and O–H groups in total. The number of benzene rings is 2. The maximum Gasteiger partial charge on any atom is 0.243 e. The van der Waals surface area contributed by atoms with Gasteiger partial charge in [0.2, 0.25) is 5.91 Å². The van der Waals surface area contributed by atoms with Gasteiger partial charge >= 0.3 is 0 Å². The Bertz CT molecular complexity index is 629. The largest absolute Gasteiger partial charge is 0.486 e. The molecule has 1 aliphatic heterocycles. The number of carbonyl (C=O) groups excluding carboxylic acids is 1. The summed E-state index contributed by atoms with van der Waals surface area (Å²) in [4.78, 5) is 12.0. The van der Waals surface area contributed by atoms with Crippen molar-refractivity contribution in [3.8, 4) is 11.5 Å². The summed E-state index contributed by atoms with van der Waals surface area (Å²) in [6.45, 7) is 1.21. The third-order valence-corrected chi connectivity index (χ3v) is 3.07. The van der Waals surface area contributed by atoms with Gasteiger partial charge in [0.1, 0.15) is 13.2 Å². The molecule has 1 heterocycles. The van der Waals surface area contributed by atoms with Crippen molar-refractivity contribution in [3.63, 3.8) is 0 Å². The Balaban J connectivity index is 1.63. The maximum atomic E-state index is 12.0. The smallest absolute Gasteiger partial charge is 0.243 e. The first kappa shape index (κ1) is 13.3. The van der Waals surface area contributed by atoms with E-state index in [2.05, 4.69) is 10.6 Å². The molecular formula is C16H16N2O3. The number of fused-ring (bicyclic) bond motifs is 1. The molecule has 1 aliphatic rings. The van der Waals surface area contributed by atoms with Crippen molar-refractivity contribution in [3.05, 3.63) is 48.5 Å². The minimum Gasteiger partial charge on any atom is -0.486 e. The number of rotatable bonds is 4. The van der Waals surface area contributed by atoms with E-state index in [-0.39, 0.29) is 12.5 Å². The molecule has 0 fully saturated rings. The Kier molecular flexibility index (Phi) is 3.91. The van der Waals surface area contributed by atoms with E-state index in [1.165, 1.54) is 0 Å². The van der Waals surface area contributed by atoms with E-state index >= 15 is 0 Å². The lowest BCUT2D eigenvalue weighted by Gasteiger charge is -2.21. The molecule has 0 bridgehead atoms. The molecule has 108 valence electrons. The number of hydrogen-bond donors (Lipinski definition) is 2. The van der Waals surface area contributed by atoms with Crippen LogP contribution >= 0.6 is 0 Å². The first-order chi connectivity index (χ1) is 10.3. The average Bonchev–Trinajstić information content (AvgIpc) is 2.54. The molecule has 0 radical (unpaired) electrons. The standard InChI is InChI=1S/C16H16N2O3/c19-15(11-17-12-5-2-1-3-6-12)18-13-7-4-8-14-16(13)21-10-9-20-14/h1-8,17H,9-11H2,(H,18,19). The third-order valence-electron chi connectivity index (χ3n) is 3.07. The molecule has 21 heavy (non-hydrogen) atoms. The fraction of sp³-hybridized carbons (Fsp3) is 0.188. The first-order valence-corrected chi connectivity index (χ1v) is 6.80. The van der Waals surface area contributed by atoms with Crippen LogP contribution in [0.2, 0.25) is 0 Å². The number of nitrogens with one attached hydrogen (secondary N) is 2. The van der Waals surface area contributed by atoms with Crippen LogP contribution in [0.5, 0.6) is 11.5 Å². The number of hydrogen-bond acceptors (Lipinski definition) is 4. The highest BCUT2D eigenvalue weighted by molar-refractivity contribution is 5.95. The van der Waals surface area contributed by atoms with Crippen molar-refractivity contribution in [2.24, 2.45) is 0 Å². The van der Waals surface area contributed by atoms with Gasteiger partial charge in [-0.3, -0.25) is 4.79 Å². The van der Waals surface area contributed by atoms with Crippen molar-refractivity contribution in [2.45, 2.75) is 0 Å². The number of amides is 1. The van der Waals surface area contributed by atoms with Gasteiger partial charge in [0.05, 0.1) is 12.2 Å². The highest BCUT2D eigenvalue weighted by Crippen LogP contribution is 2.37. The van der Waals surface area contributed by atoms with Crippen LogP contribution in [0, 0.1) is 0 Å². The first-order valence-electron chi connectivity index (χ1n) is 6.80. The molecule has 5 nitrogen and oxygen atoms in total. The predicted octanol–water partition coefficient (Wildman–Crippen LogP) is 2.51. The van der Waals surface area contributed by atoms with Crippen LogP contribution in [-0.4, -0.2) is 25.7 Å². The topological polar surface area (TPSA) is 59.6 Å². The molecule has 0 aliphatic carbocycles. The van der Waals surface area contributed by atoms with Crippen LogP contribution in [0.3, 0.4) is 0 Å². The van der Waals surface area contributed by atoms with Crippen LogP contribution < -0.4 is 20.1 Å². The second kappa shape index (κ2) is 6.17. The molecule has 0 spiro atoms. The molecule has 2 aromatic carbocycles. The number of para-hydroxylation sites is 2. The Hall–Kier alpha value is -2.69. The van der Waals surface area contributed by atoms with Crippen molar-refractivity contribution in [1.29, 1.82) is 0 Å². The van der Waals surface area contributed by atoms with E-state index in [9.17, 15) is 4.79 Å². The Morgan fingerprint density at radius 2 is 1.81 bits per heavy atom.